The van der Waals surface area contributed by atoms with Crippen molar-refractivity contribution in [2.75, 3.05) is 5.32 Å². The molecule has 1 fully saturated rings. The van der Waals surface area contributed by atoms with Crippen molar-refractivity contribution < 1.29 is 4.79 Å². The third-order valence-corrected chi connectivity index (χ3v) is 4.52. The van der Waals surface area contributed by atoms with E-state index < -0.39 is 0 Å². The maximum atomic E-state index is 12.7. The number of nitrogens with one attached hydrogen (secondary N) is 1. The Kier molecular flexibility index (Phi) is 5.09. The van der Waals surface area contributed by atoms with E-state index in [0.29, 0.717) is 11.8 Å². The molecule has 0 atom stereocenters. The molecule has 0 radical (unpaired) electrons. The van der Waals surface area contributed by atoms with Crippen LogP contribution in [0, 0.1) is 11.3 Å². The molecule has 3 heteroatoms. The first-order valence-electron chi connectivity index (χ1n) is 7.52. The number of carbonyl (C=O) groups is 1. The molecule has 1 aliphatic rings. The first-order valence-corrected chi connectivity index (χ1v) is 8.05. The Morgan fingerprint density at radius 3 is 2.35 bits per heavy atom. The molecule has 20 heavy (non-hydrogen) atoms. The SMILES string of the molecule is CC(C)CC1(C(=O)Nc2ccc(CCl)cc2)CCCC1. The predicted molar refractivity (Wildman–Crippen MR) is 85.0 cm³/mol. The topological polar surface area (TPSA) is 29.1 Å². The Bertz CT molecular complexity index is 447. The molecule has 2 rings (SSSR count). The average molecular weight is 294 g/mol. The molecule has 0 bridgehead atoms. The van der Waals surface area contributed by atoms with Crippen LogP contribution in [0.1, 0.15) is 51.5 Å². The fourth-order valence-electron chi connectivity index (χ4n) is 3.30. The smallest absolute Gasteiger partial charge is 0.230 e. The van der Waals surface area contributed by atoms with Gasteiger partial charge in [-0.2, -0.15) is 0 Å². The lowest BCUT2D eigenvalue weighted by Crippen LogP contribution is -2.35. The first kappa shape index (κ1) is 15.4. The van der Waals surface area contributed by atoms with Gasteiger partial charge in [-0.05, 0) is 42.9 Å². The van der Waals surface area contributed by atoms with Crippen molar-refractivity contribution in [3.8, 4) is 0 Å². The van der Waals surface area contributed by atoms with Gasteiger partial charge in [0.2, 0.25) is 5.91 Å². The molecule has 1 aromatic rings. The van der Waals surface area contributed by atoms with E-state index in [1.807, 2.05) is 24.3 Å². The van der Waals surface area contributed by atoms with Gasteiger partial charge in [-0.25, -0.2) is 0 Å². The second-order valence-electron chi connectivity index (χ2n) is 6.37. The number of hydrogen-bond donors (Lipinski definition) is 1. The summed E-state index contributed by atoms with van der Waals surface area (Å²) in [4.78, 5) is 12.7. The van der Waals surface area contributed by atoms with E-state index in [-0.39, 0.29) is 11.3 Å². The van der Waals surface area contributed by atoms with E-state index in [0.717, 1.165) is 30.5 Å². The van der Waals surface area contributed by atoms with E-state index >= 15 is 0 Å². The molecule has 1 amide bonds. The predicted octanol–water partition coefficient (Wildman–Crippen LogP) is 4.97. The number of benzene rings is 1. The number of amides is 1. The van der Waals surface area contributed by atoms with Gasteiger partial charge in [-0.1, -0.05) is 38.8 Å². The highest BCUT2D eigenvalue weighted by molar-refractivity contribution is 6.17. The maximum Gasteiger partial charge on any atom is 0.230 e. The summed E-state index contributed by atoms with van der Waals surface area (Å²) in [6.07, 6.45) is 5.38. The fourth-order valence-corrected chi connectivity index (χ4v) is 3.48. The van der Waals surface area contributed by atoms with E-state index in [9.17, 15) is 4.79 Å². The zero-order chi connectivity index (χ0) is 14.6. The van der Waals surface area contributed by atoms with Gasteiger partial charge in [0, 0.05) is 17.0 Å². The minimum atomic E-state index is -0.153. The summed E-state index contributed by atoms with van der Waals surface area (Å²) in [6, 6.07) is 7.81. The molecule has 0 spiro atoms. The molecule has 0 heterocycles. The fraction of sp³-hybridized carbons (Fsp3) is 0.588. The molecule has 1 aromatic carbocycles. The molecule has 1 saturated carbocycles. The minimum absolute atomic E-state index is 0.153. The van der Waals surface area contributed by atoms with Crippen LogP contribution in [0.4, 0.5) is 5.69 Å². The van der Waals surface area contributed by atoms with Gasteiger partial charge < -0.3 is 5.32 Å². The van der Waals surface area contributed by atoms with Gasteiger partial charge in [-0.15, -0.1) is 11.6 Å². The highest BCUT2D eigenvalue weighted by Crippen LogP contribution is 2.44. The molecule has 110 valence electrons. The molecule has 0 saturated heterocycles. The van der Waals surface area contributed by atoms with Crippen LogP contribution in [-0.2, 0) is 10.7 Å². The molecule has 2 nitrogen and oxygen atoms in total. The molecule has 0 aromatic heterocycles. The zero-order valence-corrected chi connectivity index (χ0v) is 13.2. The molecular formula is C17H24ClNO. The van der Waals surface area contributed by atoms with Gasteiger partial charge in [0.1, 0.15) is 0 Å². The Labute approximate surface area is 126 Å². The Hall–Kier alpha value is -1.02. The van der Waals surface area contributed by atoms with Gasteiger partial charge in [0.25, 0.3) is 0 Å². The van der Waals surface area contributed by atoms with E-state index in [2.05, 4.69) is 19.2 Å². The number of rotatable bonds is 5. The highest BCUT2D eigenvalue weighted by atomic mass is 35.5. The molecule has 1 N–H and O–H groups in total. The Balaban J connectivity index is 2.08. The van der Waals surface area contributed by atoms with Crippen molar-refractivity contribution in [1.29, 1.82) is 0 Å². The second-order valence-corrected chi connectivity index (χ2v) is 6.64. The Morgan fingerprint density at radius 2 is 1.85 bits per heavy atom. The molecular weight excluding hydrogens is 270 g/mol. The summed E-state index contributed by atoms with van der Waals surface area (Å²) in [6.45, 7) is 4.39. The lowest BCUT2D eigenvalue weighted by molar-refractivity contribution is -0.126. The van der Waals surface area contributed by atoms with Crippen molar-refractivity contribution in [1.82, 2.24) is 0 Å². The summed E-state index contributed by atoms with van der Waals surface area (Å²) in [5.74, 6) is 1.26. The molecule has 0 unspecified atom stereocenters. The van der Waals surface area contributed by atoms with Crippen LogP contribution in [-0.4, -0.2) is 5.91 Å². The van der Waals surface area contributed by atoms with Crippen LogP contribution in [0.3, 0.4) is 0 Å². The monoisotopic (exact) mass is 293 g/mol. The van der Waals surface area contributed by atoms with Crippen molar-refractivity contribution in [2.45, 2.75) is 51.8 Å². The molecule has 0 aliphatic heterocycles. The van der Waals surface area contributed by atoms with Crippen molar-refractivity contribution in [2.24, 2.45) is 11.3 Å². The lowest BCUT2D eigenvalue weighted by Gasteiger charge is -2.29. The summed E-state index contributed by atoms with van der Waals surface area (Å²) in [5.41, 5.74) is 1.79. The quantitative estimate of drug-likeness (QED) is 0.763. The van der Waals surface area contributed by atoms with Crippen molar-refractivity contribution in [3.63, 3.8) is 0 Å². The summed E-state index contributed by atoms with van der Waals surface area (Å²) in [5, 5.41) is 3.10. The van der Waals surface area contributed by atoms with Gasteiger partial charge in [0.05, 0.1) is 0 Å². The normalized spacial score (nSPS) is 17.4. The summed E-state index contributed by atoms with van der Waals surface area (Å²) in [7, 11) is 0. The third kappa shape index (κ3) is 3.54. The third-order valence-electron chi connectivity index (χ3n) is 4.21. The number of hydrogen-bond acceptors (Lipinski definition) is 1. The van der Waals surface area contributed by atoms with Crippen LogP contribution in [0.15, 0.2) is 24.3 Å². The average Bonchev–Trinajstić information content (AvgIpc) is 2.88. The van der Waals surface area contributed by atoms with Crippen LogP contribution in [0.5, 0.6) is 0 Å². The Morgan fingerprint density at radius 1 is 1.25 bits per heavy atom. The van der Waals surface area contributed by atoms with Gasteiger partial charge in [0.15, 0.2) is 0 Å². The van der Waals surface area contributed by atoms with E-state index in [4.69, 9.17) is 11.6 Å². The van der Waals surface area contributed by atoms with Gasteiger partial charge >= 0.3 is 0 Å². The van der Waals surface area contributed by atoms with Crippen LogP contribution in [0.2, 0.25) is 0 Å². The van der Waals surface area contributed by atoms with E-state index in [1.54, 1.807) is 0 Å². The summed E-state index contributed by atoms with van der Waals surface area (Å²) >= 11 is 5.78. The minimum Gasteiger partial charge on any atom is -0.326 e. The van der Waals surface area contributed by atoms with Crippen LogP contribution < -0.4 is 5.32 Å². The highest BCUT2D eigenvalue weighted by Gasteiger charge is 2.41. The standard InChI is InChI=1S/C17H24ClNO/c1-13(2)11-17(9-3-4-10-17)16(20)19-15-7-5-14(12-18)6-8-15/h5-8,13H,3-4,9-12H2,1-2H3,(H,19,20). The summed E-state index contributed by atoms with van der Waals surface area (Å²) < 4.78 is 0. The van der Waals surface area contributed by atoms with Crippen LogP contribution in [0.25, 0.3) is 0 Å². The maximum absolute atomic E-state index is 12.7. The van der Waals surface area contributed by atoms with Crippen LogP contribution >= 0.6 is 11.6 Å². The number of alkyl halides is 1. The second kappa shape index (κ2) is 6.62. The van der Waals surface area contributed by atoms with Crippen molar-refractivity contribution >= 4 is 23.2 Å². The number of carbonyl (C=O) groups excluding carboxylic acids is 1. The lowest BCUT2D eigenvalue weighted by atomic mass is 9.77. The number of anilines is 1. The zero-order valence-electron chi connectivity index (χ0n) is 12.4. The van der Waals surface area contributed by atoms with Crippen molar-refractivity contribution in [3.05, 3.63) is 29.8 Å². The van der Waals surface area contributed by atoms with E-state index in [1.165, 1.54) is 12.8 Å². The first-order chi connectivity index (χ1) is 9.55. The van der Waals surface area contributed by atoms with Gasteiger partial charge in [-0.3, -0.25) is 4.79 Å². The molecule has 1 aliphatic carbocycles. The number of halogens is 1. The largest absolute Gasteiger partial charge is 0.326 e.